The third-order valence-electron chi connectivity index (χ3n) is 3.67. The number of aromatic nitrogens is 2. The van der Waals surface area contributed by atoms with E-state index in [9.17, 15) is 14.9 Å². The molecule has 0 aliphatic rings. The smallest absolute Gasteiger partial charge is 0.292 e. The van der Waals surface area contributed by atoms with Gasteiger partial charge in [-0.05, 0) is 31.9 Å². The van der Waals surface area contributed by atoms with Crippen molar-refractivity contribution < 1.29 is 9.72 Å². The number of carbonyl (C=O) groups is 1. The van der Waals surface area contributed by atoms with Gasteiger partial charge in [-0.25, -0.2) is 4.98 Å². The fourth-order valence-corrected chi connectivity index (χ4v) is 2.25. The van der Waals surface area contributed by atoms with Crippen molar-refractivity contribution in [3.8, 4) is 0 Å². The maximum atomic E-state index is 12.0. The Kier molecular flexibility index (Phi) is 5.89. The molecule has 0 saturated heterocycles. The quantitative estimate of drug-likeness (QED) is 0.439. The second-order valence-corrected chi connectivity index (χ2v) is 5.53. The third kappa shape index (κ3) is 4.55. The predicted octanol–water partition coefficient (Wildman–Crippen LogP) is 2.28. The van der Waals surface area contributed by atoms with E-state index in [-0.39, 0.29) is 17.6 Å². The largest absolute Gasteiger partial charge is 0.379 e. The summed E-state index contributed by atoms with van der Waals surface area (Å²) in [7, 11) is 0. The second-order valence-electron chi connectivity index (χ2n) is 5.53. The van der Waals surface area contributed by atoms with Gasteiger partial charge in [-0.3, -0.25) is 14.9 Å². The van der Waals surface area contributed by atoms with Crippen molar-refractivity contribution in [2.24, 2.45) is 0 Å². The third-order valence-corrected chi connectivity index (χ3v) is 3.67. The minimum atomic E-state index is -0.399. The van der Waals surface area contributed by atoms with Crippen LogP contribution in [-0.2, 0) is 4.79 Å². The van der Waals surface area contributed by atoms with E-state index < -0.39 is 4.92 Å². The molecule has 0 saturated carbocycles. The highest BCUT2D eigenvalue weighted by Gasteiger charge is 2.14. The van der Waals surface area contributed by atoms with Crippen LogP contribution < -0.4 is 10.6 Å². The monoisotopic (exact) mass is 331 g/mol. The van der Waals surface area contributed by atoms with E-state index in [1.165, 1.54) is 6.07 Å². The number of hydrogen-bond donors (Lipinski definition) is 2. The van der Waals surface area contributed by atoms with Gasteiger partial charge in [-0.1, -0.05) is 6.07 Å². The average molecular weight is 331 g/mol. The number of carbonyl (C=O) groups excluding carboxylic acids is 1. The van der Waals surface area contributed by atoms with Gasteiger partial charge in [0, 0.05) is 31.5 Å². The summed E-state index contributed by atoms with van der Waals surface area (Å²) in [4.78, 5) is 26.5. The lowest BCUT2D eigenvalue weighted by molar-refractivity contribution is -0.384. The van der Waals surface area contributed by atoms with Gasteiger partial charge >= 0.3 is 0 Å². The summed E-state index contributed by atoms with van der Waals surface area (Å²) in [5, 5.41) is 16.9. The fraction of sp³-hybridized carbons (Fsp3) is 0.375. The first kappa shape index (κ1) is 17.5. The molecule has 1 aromatic carbocycles. The number of benzene rings is 1. The molecule has 0 bridgehead atoms. The van der Waals surface area contributed by atoms with Crippen LogP contribution in [0, 0.1) is 17.0 Å². The van der Waals surface area contributed by atoms with Crippen molar-refractivity contribution in [3.63, 3.8) is 0 Å². The Bertz CT molecular complexity index is 700. The van der Waals surface area contributed by atoms with Gasteiger partial charge in [0.2, 0.25) is 5.91 Å². The highest BCUT2D eigenvalue weighted by Crippen LogP contribution is 2.25. The molecule has 1 aromatic heterocycles. The summed E-state index contributed by atoms with van der Waals surface area (Å²) in [6.07, 6.45) is 5.63. The first-order valence-corrected chi connectivity index (χ1v) is 7.73. The predicted molar refractivity (Wildman–Crippen MR) is 90.9 cm³/mol. The second kappa shape index (κ2) is 8.09. The number of nitrogens with one attached hydrogen (secondary N) is 2. The molecule has 1 amide bonds. The molecule has 24 heavy (non-hydrogen) atoms. The Morgan fingerprint density at radius 3 is 2.88 bits per heavy atom. The first-order chi connectivity index (χ1) is 11.5. The summed E-state index contributed by atoms with van der Waals surface area (Å²) >= 11 is 0. The highest BCUT2D eigenvalue weighted by molar-refractivity contribution is 5.79. The molecular formula is C16H21N5O3. The normalized spacial score (nSPS) is 11.8. The summed E-state index contributed by atoms with van der Waals surface area (Å²) in [6.45, 7) is 4.63. The van der Waals surface area contributed by atoms with Crippen LogP contribution in [0.25, 0.3) is 0 Å². The van der Waals surface area contributed by atoms with Crippen LogP contribution in [0.2, 0.25) is 0 Å². The van der Waals surface area contributed by atoms with E-state index >= 15 is 0 Å². The number of amides is 1. The number of anilines is 1. The topological polar surface area (TPSA) is 102 Å². The number of nitro groups is 1. The lowest BCUT2D eigenvalue weighted by Gasteiger charge is -2.13. The Morgan fingerprint density at radius 2 is 2.21 bits per heavy atom. The molecule has 1 unspecified atom stereocenters. The van der Waals surface area contributed by atoms with Crippen LogP contribution in [0.1, 0.15) is 24.9 Å². The summed E-state index contributed by atoms with van der Waals surface area (Å²) in [5.74, 6) is -0.0886. The summed E-state index contributed by atoms with van der Waals surface area (Å²) in [5.41, 5.74) is 1.39. The van der Waals surface area contributed by atoms with Crippen molar-refractivity contribution in [2.45, 2.75) is 26.3 Å². The van der Waals surface area contributed by atoms with E-state index in [1.54, 1.807) is 36.3 Å². The van der Waals surface area contributed by atoms with Gasteiger partial charge in [0.15, 0.2) is 0 Å². The van der Waals surface area contributed by atoms with E-state index in [0.29, 0.717) is 25.2 Å². The van der Waals surface area contributed by atoms with Crippen LogP contribution >= 0.6 is 0 Å². The number of nitro benzene ring substituents is 1. The van der Waals surface area contributed by atoms with Gasteiger partial charge in [-0.15, -0.1) is 0 Å². The van der Waals surface area contributed by atoms with Crippen LogP contribution in [0.4, 0.5) is 11.4 Å². The molecule has 0 aliphatic carbocycles. The number of imidazole rings is 1. The Labute approximate surface area is 140 Å². The molecule has 2 aromatic rings. The lowest BCUT2D eigenvalue weighted by atomic mass is 10.2. The minimum absolute atomic E-state index is 0.0627. The average Bonchev–Trinajstić information content (AvgIpc) is 3.09. The number of aryl methyl sites for hydroxylation is 1. The zero-order valence-electron chi connectivity index (χ0n) is 13.7. The summed E-state index contributed by atoms with van der Waals surface area (Å²) < 4.78 is 1.73. The van der Waals surface area contributed by atoms with Gasteiger partial charge in [0.1, 0.15) is 11.7 Å². The van der Waals surface area contributed by atoms with Gasteiger partial charge < -0.3 is 15.2 Å². The van der Waals surface area contributed by atoms with E-state index in [1.807, 2.05) is 13.0 Å². The number of hydrogen-bond acceptors (Lipinski definition) is 5. The molecule has 0 aliphatic heterocycles. The van der Waals surface area contributed by atoms with Gasteiger partial charge in [0.05, 0.1) is 11.3 Å². The van der Waals surface area contributed by atoms with Crippen LogP contribution in [0.3, 0.4) is 0 Å². The molecule has 0 radical (unpaired) electrons. The minimum Gasteiger partial charge on any atom is -0.379 e. The molecule has 0 spiro atoms. The van der Waals surface area contributed by atoms with Crippen LogP contribution in [-0.4, -0.2) is 33.5 Å². The van der Waals surface area contributed by atoms with Crippen molar-refractivity contribution >= 4 is 17.3 Å². The van der Waals surface area contributed by atoms with Crippen molar-refractivity contribution in [1.29, 1.82) is 0 Å². The molecule has 2 rings (SSSR count). The lowest BCUT2D eigenvalue weighted by Crippen LogP contribution is -2.32. The molecule has 8 nitrogen and oxygen atoms in total. The van der Waals surface area contributed by atoms with Crippen molar-refractivity contribution in [2.75, 3.05) is 18.4 Å². The SMILES string of the molecule is Cc1ccc(NCCCNC(=O)C(C)n2ccnc2)c([N+](=O)[O-])c1. The van der Waals surface area contributed by atoms with Gasteiger partial charge in [-0.2, -0.15) is 0 Å². The Hall–Kier alpha value is -2.90. The molecule has 128 valence electrons. The Morgan fingerprint density at radius 1 is 1.42 bits per heavy atom. The molecule has 8 heteroatoms. The van der Waals surface area contributed by atoms with Crippen molar-refractivity contribution in [3.05, 3.63) is 52.6 Å². The molecule has 2 N–H and O–H groups in total. The van der Waals surface area contributed by atoms with E-state index in [0.717, 1.165) is 5.56 Å². The fourth-order valence-electron chi connectivity index (χ4n) is 2.25. The van der Waals surface area contributed by atoms with E-state index in [4.69, 9.17) is 0 Å². The zero-order valence-corrected chi connectivity index (χ0v) is 13.7. The van der Waals surface area contributed by atoms with Crippen LogP contribution in [0.5, 0.6) is 0 Å². The molecule has 1 atom stereocenters. The molecular weight excluding hydrogens is 310 g/mol. The highest BCUT2D eigenvalue weighted by atomic mass is 16.6. The van der Waals surface area contributed by atoms with E-state index in [2.05, 4.69) is 15.6 Å². The standard InChI is InChI=1S/C16H21N5O3/c1-12-4-5-14(15(10-12)21(23)24)18-6-3-7-19-16(22)13(2)20-9-8-17-11-20/h4-5,8-11,13,18H,3,6-7H2,1-2H3,(H,19,22). The number of rotatable bonds is 8. The van der Waals surface area contributed by atoms with Crippen LogP contribution in [0.15, 0.2) is 36.9 Å². The summed E-state index contributed by atoms with van der Waals surface area (Å²) in [6, 6.07) is 4.74. The zero-order chi connectivity index (χ0) is 17.5. The first-order valence-electron chi connectivity index (χ1n) is 7.73. The molecule has 1 heterocycles. The molecule has 0 fully saturated rings. The maximum absolute atomic E-state index is 12.0. The number of nitrogens with zero attached hydrogens (tertiary/aromatic N) is 3. The Balaban J connectivity index is 1.76. The van der Waals surface area contributed by atoms with Crippen molar-refractivity contribution in [1.82, 2.24) is 14.9 Å². The maximum Gasteiger partial charge on any atom is 0.292 e. The van der Waals surface area contributed by atoms with Gasteiger partial charge in [0.25, 0.3) is 5.69 Å².